The van der Waals surface area contributed by atoms with E-state index < -0.39 is 18.3 Å². The van der Waals surface area contributed by atoms with E-state index in [2.05, 4.69) is 9.72 Å². The number of aromatic nitrogens is 1. The van der Waals surface area contributed by atoms with E-state index in [9.17, 15) is 22.8 Å². The third-order valence-electron chi connectivity index (χ3n) is 4.12. The van der Waals surface area contributed by atoms with Crippen LogP contribution in [0.4, 0.5) is 13.2 Å². The summed E-state index contributed by atoms with van der Waals surface area (Å²) in [5.41, 5.74) is 6.47. The maximum Gasteiger partial charge on any atom is 0.573 e. The van der Waals surface area contributed by atoms with Crippen LogP contribution in [0.5, 0.6) is 5.75 Å². The van der Waals surface area contributed by atoms with Gasteiger partial charge in [0.25, 0.3) is 0 Å². The molecular weight excluding hydrogens is 383 g/mol. The van der Waals surface area contributed by atoms with E-state index in [1.165, 1.54) is 40.5 Å². The Kier molecular flexibility index (Phi) is 5.36. The fraction of sp³-hybridized carbons (Fsp3) is 0.353. The summed E-state index contributed by atoms with van der Waals surface area (Å²) in [6.07, 6.45) is -3.41. The number of nitrogens with two attached hydrogens (primary N) is 1. The van der Waals surface area contributed by atoms with Crippen LogP contribution in [0.1, 0.15) is 18.5 Å². The summed E-state index contributed by atoms with van der Waals surface area (Å²) in [6.45, 7) is 0.490. The Hall–Kier alpha value is -2.62. The van der Waals surface area contributed by atoms with Crippen molar-refractivity contribution in [1.82, 2.24) is 9.88 Å². The number of carbonyl (C=O) groups is 2. The van der Waals surface area contributed by atoms with Gasteiger partial charge in [-0.25, -0.2) is 4.98 Å². The first kappa shape index (κ1) is 19.2. The second kappa shape index (κ2) is 7.55. The highest BCUT2D eigenvalue weighted by Crippen LogP contribution is 2.29. The van der Waals surface area contributed by atoms with Crippen molar-refractivity contribution in [3.63, 3.8) is 0 Å². The van der Waals surface area contributed by atoms with Gasteiger partial charge in [-0.15, -0.1) is 24.5 Å². The van der Waals surface area contributed by atoms with Crippen molar-refractivity contribution in [1.29, 1.82) is 0 Å². The van der Waals surface area contributed by atoms with Crippen LogP contribution in [-0.4, -0.2) is 40.6 Å². The van der Waals surface area contributed by atoms with Gasteiger partial charge in [0.2, 0.25) is 11.8 Å². The van der Waals surface area contributed by atoms with Crippen molar-refractivity contribution in [3.05, 3.63) is 35.3 Å². The summed E-state index contributed by atoms with van der Waals surface area (Å²) in [5, 5.41) is 2.28. The molecule has 27 heavy (non-hydrogen) atoms. The maximum atomic E-state index is 12.4. The van der Waals surface area contributed by atoms with E-state index in [1.54, 1.807) is 5.38 Å². The van der Waals surface area contributed by atoms with Crippen LogP contribution in [0.3, 0.4) is 0 Å². The largest absolute Gasteiger partial charge is 0.573 e. The van der Waals surface area contributed by atoms with Crippen LogP contribution >= 0.6 is 11.3 Å². The first-order chi connectivity index (χ1) is 12.7. The Morgan fingerprint density at radius 2 is 2.00 bits per heavy atom. The molecule has 3 rings (SSSR count). The normalized spacial score (nSPS) is 17.1. The fourth-order valence-electron chi connectivity index (χ4n) is 2.94. The molecule has 2 amide bonds. The molecule has 2 N–H and O–H groups in total. The average molecular weight is 399 g/mol. The van der Waals surface area contributed by atoms with Crippen LogP contribution in [0, 0.1) is 0 Å². The Labute approximate surface area is 156 Å². The van der Waals surface area contributed by atoms with E-state index >= 15 is 0 Å². The van der Waals surface area contributed by atoms with Crippen molar-refractivity contribution < 1.29 is 27.5 Å². The number of likely N-dealkylation sites (tertiary alicyclic amines) is 1. The number of benzene rings is 1. The average Bonchev–Trinajstić information content (AvgIpc) is 3.23. The molecule has 1 saturated heterocycles. The van der Waals surface area contributed by atoms with Crippen molar-refractivity contribution >= 4 is 23.2 Å². The predicted octanol–water partition coefficient (Wildman–Crippen LogP) is 2.73. The van der Waals surface area contributed by atoms with Gasteiger partial charge >= 0.3 is 6.36 Å². The molecule has 144 valence electrons. The van der Waals surface area contributed by atoms with Crippen molar-refractivity contribution in [3.8, 4) is 16.3 Å². The van der Waals surface area contributed by atoms with Crippen LogP contribution in [-0.2, 0) is 16.0 Å². The third-order valence-corrected chi connectivity index (χ3v) is 5.06. The molecule has 0 spiro atoms. The van der Waals surface area contributed by atoms with Gasteiger partial charge in [-0.1, -0.05) is 0 Å². The molecule has 6 nitrogen and oxygen atoms in total. The lowest BCUT2D eigenvalue weighted by molar-refractivity contribution is -0.274. The molecule has 1 fully saturated rings. The van der Waals surface area contributed by atoms with Crippen LogP contribution in [0.25, 0.3) is 10.6 Å². The highest BCUT2D eigenvalue weighted by atomic mass is 32.1. The Balaban J connectivity index is 1.66. The van der Waals surface area contributed by atoms with Crippen molar-refractivity contribution in [2.24, 2.45) is 5.73 Å². The Morgan fingerprint density at radius 3 is 2.63 bits per heavy atom. The molecule has 2 aromatic rings. The predicted molar refractivity (Wildman–Crippen MR) is 91.9 cm³/mol. The number of carbonyl (C=O) groups excluding carboxylic acids is 2. The quantitative estimate of drug-likeness (QED) is 0.838. The van der Waals surface area contributed by atoms with Gasteiger partial charge in [-0.05, 0) is 37.1 Å². The van der Waals surface area contributed by atoms with E-state index in [-0.39, 0.29) is 18.1 Å². The summed E-state index contributed by atoms with van der Waals surface area (Å²) in [7, 11) is 0. The number of hydrogen-bond donors (Lipinski definition) is 1. The molecule has 1 aromatic carbocycles. The Bertz CT molecular complexity index is 836. The van der Waals surface area contributed by atoms with Gasteiger partial charge in [-0.3, -0.25) is 9.59 Å². The van der Waals surface area contributed by atoms with E-state index in [4.69, 9.17) is 5.73 Å². The minimum Gasteiger partial charge on any atom is -0.406 e. The molecular formula is C17H16F3N3O3S. The van der Waals surface area contributed by atoms with Gasteiger partial charge in [0.15, 0.2) is 0 Å². The smallest absolute Gasteiger partial charge is 0.406 e. The summed E-state index contributed by atoms with van der Waals surface area (Å²) in [4.78, 5) is 29.7. The van der Waals surface area contributed by atoms with Crippen molar-refractivity contribution in [2.45, 2.75) is 31.7 Å². The molecule has 10 heteroatoms. The second-order valence-electron chi connectivity index (χ2n) is 6.04. The van der Waals surface area contributed by atoms with Gasteiger partial charge in [0, 0.05) is 17.5 Å². The van der Waals surface area contributed by atoms with Gasteiger partial charge in [0.1, 0.15) is 16.8 Å². The molecule has 0 radical (unpaired) electrons. The zero-order valence-corrected chi connectivity index (χ0v) is 14.8. The maximum absolute atomic E-state index is 12.4. The first-order valence-corrected chi connectivity index (χ1v) is 9.00. The molecule has 2 heterocycles. The zero-order valence-electron chi connectivity index (χ0n) is 14.0. The number of nitrogens with zero attached hydrogens (tertiary/aromatic N) is 2. The monoisotopic (exact) mass is 399 g/mol. The minimum atomic E-state index is -4.74. The van der Waals surface area contributed by atoms with Crippen molar-refractivity contribution in [2.75, 3.05) is 6.54 Å². The van der Waals surface area contributed by atoms with E-state index in [1.807, 2.05) is 0 Å². The molecule has 1 aliphatic rings. The van der Waals surface area contributed by atoms with Gasteiger partial charge in [0.05, 0.1) is 12.1 Å². The molecule has 1 atom stereocenters. The molecule has 0 unspecified atom stereocenters. The first-order valence-electron chi connectivity index (χ1n) is 8.12. The van der Waals surface area contributed by atoms with Crippen LogP contribution in [0.15, 0.2) is 29.6 Å². The summed E-state index contributed by atoms with van der Waals surface area (Å²) in [5.74, 6) is -1.05. The Morgan fingerprint density at radius 1 is 1.30 bits per heavy atom. The number of amides is 2. The number of halogens is 3. The standard InChI is InChI=1S/C17H16F3N3O3S/c18-17(19,20)26-12-5-3-10(4-6-12)16-22-11(9-27-16)8-14(24)23-7-1-2-13(23)15(21)25/h3-6,9,13H,1-2,7-8H2,(H2,21,25)/t13-/m1/s1. The SMILES string of the molecule is NC(=O)[C@H]1CCCN1C(=O)Cc1csc(-c2ccc(OC(F)(F)F)cc2)n1. The van der Waals surface area contributed by atoms with Gasteiger partial charge in [-0.2, -0.15) is 0 Å². The topological polar surface area (TPSA) is 85.5 Å². The number of ether oxygens (including phenoxy) is 1. The van der Waals surface area contributed by atoms with Crippen LogP contribution in [0.2, 0.25) is 0 Å². The summed E-state index contributed by atoms with van der Waals surface area (Å²) < 4.78 is 40.4. The summed E-state index contributed by atoms with van der Waals surface area (Å²) >= 11 is 1.28. The van der Waals surface area contributed by atoms with E-state index in [0.29, 0.717) is 29.2 Å². The second-order valence-corrected chi connectivity index (χ2v) is 6.90. The highest BCUT2D eigenvalue weighted by molar-refractivity contribution is 7.13. The zero-order chi connectivity index (χ0) is 19.6. The number of rotatable bonds is 5. The molecule has 1 aromatic heterocycles. The lowest BCUT2D eigenvalue weighted by Gasteiger charge is -2.21. The minimum absolute atomic E-state index is 0.0373. The van der Waals surface area contributed by atoms with E-state index in [0.717, 1.165) is 6.42 Å². The number of hydrogen-bond acceptors (Lipinski definition) is 5. The third kappa shape index (κ3) is 4.76. The number of alkyl halides is 3. The number of primary amides is 1. The van der Waals surface area contributed by atoms with Crippen LogP contribution < -0.4 is 10.5 Å². The van der Waals surface area contributed by atoms with Gasteiger partial charge < -0.3 is 15.4 Å². The highest BCUT2D eigenvalue weighted by Gasteiger charge is 2.33. The molecule has 0 aliphatic carbocycles. The molecule has 1 aliphatic heterocycles. The fourth-order valence-corrected chi connectivity index (χ4v) is 3.76. The summed E-state index contributed by atoms with van der Waals surface area (Å²) in [6, 6.07) is 4.77. The molecule has 0 saturated carbocycles. The lowest BCUT2D eigenvalue weighted by atomic mass is 10.2. The lowest BCUT2D eigenvalue weighted by Crippen LogP contribution is -2.44. The molecule has 0 bridgehead atoms. The number of thiazole rings is 1.